The lowest BCUT2D eigenvalue weighted by molar-refractivity contribution is -0.143. The van der Waals surface area contributed by atoms with E-state index >= 15 is 0 Å². The first kappa shape index (κ1) is 21.3. The van der Waals surface area contributed by atoms with Crippen LogP contribution in [0.3, 0.4) is 0 Å². The zero-order valence-corrected chi connectivity index (χ0v) is 17.6. The molecule has 1 heterocycles. The third kappa shape index (κ3) is 5.06. The highest BCUT2D eigenvalue weighted by Gasteiger charge is 2.38. The summed E-state index contributed by atoms with van der Waals surface area (Å²) in [6.45, 7) is 3.24. The Bertz CT molecular complexity index is 883. The molecule has 27 heavy (non-hydrogen) atoms. The number of carbonyl (C=O) groups is 1. The van der Waals surface area contributed by atoms with Gasteiger partial charge in [-0.15, -0.1) is 0 Å². The average Bonchev–Trinajstić information content (AvgIpc) is 2.62. The van der Waals surface area contributed by atoms with E-state index in [2.05, 4.69) is 20.9 Å². The summed E-state index contributed by atoms with van der Waals surface area (Å²) >= 11 is 3.23. The fourth-order valence-corrected chi connectivity index (χ4v) is 4.57. The van der Waals surface area contributed by atoms with E-state index < -0.39 is 28.0 Å². The molecule has 9 heteroatoms. The Labute approximate surface area is 167 Å². The minimum absolute atomic E-state index is 0.000251. The highest BCUT2D eigenvalue weighted by atomic mass is 79.9. The van der Waals surface area contributed by atoms with E-state index in [1.807, 2.05) is 0 Å². The zero-order valence-electron chi connectivity index (χ0n) is 15.2. The van der Waals surface area contributed by atoms with Crippen molar-refractivity contribution >= 4 is 31.9 Å². The van der Waals surface area contributed by atoms with Crippen molar-refractivity contribution in [2.24, 2.45) is 5.92 Å². The second-order valence-electron chi connectivity index (χ2n) is 6.24. The molecule has 1 atom stereocenters. The summed E-state index contributed by atoms with van der Waals surface area (Å²) < 4.78 is 33.2. The molecule has 0 saturated heterocycles. The van der Waals surface area contributed by atoms with Crippen LogP contribution in [0.25, 0.3) is 0 Å². The quantitative estimate of drug-likeness (QED) is 0.612. The number of hydrogen-bond donors (Lipinski definition) is 1. The van der Waals surface area contributed by atoms with Crippen molar-refractivity contribution in [3.05, 3.63) is 52.8 Å². The summed E-state index contributed by atoms with van der Waals surface area (Å²) in [6.07, 6.45) is 1.51. The van der Waals surface area contributed by atoms with E-state index in [9.17, 15) is 18.3 Å². The summed E-state index contributed by atoms with van der Waals surface area (Å²) in [5.74, 6) is -1.12. The van der Waals surface area contributed by atoms with Crippen LogP contribution in [-0.2, 0) is 21.4 Å². The smallest absolute Gasteiger partial charge is 0.322 e. The second-order valence-corrected chi connectivity index (χ2v) is 8.95. The van der Waals surface area contributed by atoms with Crippen molar-refractivity contribution in [1.29, 1.82) is 0 Å². The Kier molecular flexibility index (Phi) is 6.96. The highest BCUT2D eigenvalue weighted by Crippen LogP contribution is 2.26. The number of carboxylic acid groups (broad SMARTS) is 1. The minimum atomic E-state index is -4.07. The molecule has 0 aliphatic rings. The molecule has 2 rings (SSSR count). The number of methoxy groups -OCH3 is 1. The fourth-order valence-electron chi connectivity index (χ4n) is 2.64. The number of hydrogen-bond acceptors (Lipinski definition) is 5. The van der Waals surface area contributed by atoms with Crippen LogP contribution < -0.4 is 4.74 Å². The van der Waals surface area contributed by atoms with E-state index in [1.165, 1.54) is 37.6 Å². The molecule has 146 valence electrons. The predicted octanol–water partition coefficient (Wildman–Crippen LogP) is 3.15. The summed E-state index contributed by atoms with van der Waals surface area (Å²) in [7, 11) is -2.58. The van der Waals surface area contributed by atoms with Gasteiger partial charge in [0.15, 0.2) is 0 Å². The number of benzene rings is 1. The van der Waals surface area contributed by atoms with Gasteiger partial charge in [-0.2, -0.15) is 4.31 Å². The maximum absolute atomic E-state index is 13.2. The van der Waals surface area contributed by atoms with Gasteiger partial charge >= 0.3 is 5.97 Å². The Hall–Kier alpha value is -1.97. The summed E-state index contributed by atoms with van der Waals surface area (Å²) in [4.78, 5) is 15.9. The lowest BCUT2D eigenvalue weighted by Crippen LogP contribution is -2.47. The summed E-state index contributed by atoms with van der Waals surface area (Å²) in [5.41, 5.74) is 0.585. The van der Waals surface area contributed by atoms with Crippen molar-refractivity contribution in [2.45, 2.75) is 31.3 Å². The first-order valence-corrected chi connectivity index (χ1v) is 10.4. The standard InChI is InChI=1S/C18H21BrN2O5S/c1-12(2)17(18(22)23)21(11-13-4-9-16(19)20-10-13)27(24,25)15-7-5-14(26-3)6-8-15/h4-10,12,17H,11H2,1-3H3,(H,22,23)/t17-/m1/s1. The molecule has 1 N–H and O–H groups in total. The maximum atomic E-state index is 13.2. The van der Waals surface area contributed by atoms with E-state index in [-0.39, 0.29) is 11.4 Å². The van der Waals surface area contributed by atoms with Crippen LogP contribution in [0.5, 0.6) is 5.75 Å². The molecule has 0 fully saturated rings. The van der Waals surface area contributed by atoms with Crippen molar-refractivity contribution in [3.8, 4) is 5.75 Å². The van der Waals surface area contributed by atoms with E-state index in [1.54, 1.807) is 26.0 Å². The predicted molar refractivity (Wildman–Crippen MR) is 104 cm³/mol. The Morgan fingerprint density at radius 3 is 2.30 bits per heavy atom. The third-order valence-corrected chi connectivity index (χ3v) is 6.30. The SMILES string of the molecule is COc1ccc(S(=O)(=O)N(Cc2ccc(Br)nc2)[C@@H](C(=O)O)C(C)C)cc1. The molecule has 0 saturated carbocycles. The van der Waals surface area contributed by atoms with Crippen molar-refractivity contribution in [2.75, 3.05) is 7.11 Å². The van der Waals surface area contributed by atoms with Crippen LogP contribution in [0.4, 0.5) is 0 Å². The zero-order chi connectivity index (χ0) is 20.2. The van der Waals surface area contributed by atoms with Gasteiger partial charge in [0.05, 0.1) is 12.0 Å². The number of halogens is 1. The van der Waals surface area contributed by atoms with E-state index in [0.717, 1.165) is 4.31 Å². The first-order valence-electron chi connectivity index (χ1n) is 8.16. The molecule has 0 unspecified atom stereocenters. The van der Waals surface area contributed by atoms with Crippen molar-refractivity contribution < 1.29 is 23.1 Å². The van der Waals surface area contributed by atoms with Gasteiger partial charge in [-0.1, -0.05) is 19.9 Å². The number of ether oxygens (including phenoxy) is 1. The molecule has 1 aromatic heterocycles. The van der Waals surface area contributed by atoms with Crippen LogP contribution in [-0.4, -0.2) is 41.9 Å². The normalized spacial score (nSPS) is 13.0. The molecule has 0 bridgehead atoms. The number of nitrogens with zero attached hydrogens (tertiary/aromatic N) is 2. The number of aromatic nitrogens is 1. The van der Waals surface area contributed by atoms with Gasteiger partial charge in [-0.05, 0) is 57.7 Å². The Morgan fingerprint density at radius 2 is 1.85 bits per heavy atom. The average molecular weight is 457 g/mol. The summed E-state index contributed by atoms with van der Waals surface area (Å²) in [5, 5.41) is 9.68. The molecular weight excluding hydrogens is 436 g/mol. The van der Waals surface area contributed by atoms with Crippen LogP contribution in [0.1, 0.15) is 19.4 Å². The second kappa shape index (κ2) is 8.81. The van der Waals surface area contributed by atoms with Gasteiger partial charge < -0.3 is 9.84 Å². The Morgan fingerprint density at radius 1 is 1.22 bits per heavy atom. The minimum Gasteiger partial charge on any atom is -0.497 e. The lowest BCUT2D eigenvalue weighted by Gasteiger charge is -2.30. The monoisotopic (exact) mass is 456 g/mol. The number of pyridine rings is 1. The van der Waals surface area contributed by atoms with Crippen LogP contribution in [0.15, 0.2) is 52.1 Å². The lowest BCUT2D eigenvalue weighted by atomic mass is 10.0. The van der Waals surface area contributed by atoms with Gasteiger partial charge in [0, 0.05) is 12.7 Å². The van der Waals surface area contributed by atoms with Crippen molar-refractivity contribution in [3.63, 3.8) is 0 Å². The molecule has 0 aliphatic heterocycles. The highest BCUT2D eigenvalue weighted by molar-refractivity contribution is 9.10. The number of rotatable bonds is 8. The van der Waals surface area contributed by atoms with Gasteiger partial charge in [-0.25, -0.2) is 13.4 Å². The van der Waals surface area contributed by atoms with Gasteiger partial charge in [0.1, 0.15) is 16.4 Å². The molecule has 1 aromatic carbocycles. The number of carboxylic acids is 1. The topological polar surface area (TPSA) is 96.8 Å². The van der Waals surface area contributed by atoms with Crippen LogP contribution >= 0.6 is 15.9 Å². The molecule has 2 aromatic rings. The third-order valence-electron chi connectivity index (χ3n) is 3.99. The van der Waals surface area contributed by atoms with Crippen LogP contribution in [0.2, 0.25) is 0 Å². The van der Waals surface area contributed by atoms with Crippen LogP contribution in [0, 0.1) is 5.92 Å². The molecule has 0 radical (unpaired) electrons. The number of aliphatic carboxylic acids is 1. The first-order chi connectivity index (χ1) is 12.7. The maximum Gasteiger partial charge on any atom is 0.322 e. The van der Waals surface area contributed by atoms with Gasteiger partial charge in [0.2, 0.25) is 10.0 Å². The van der Waals surface area contributed by atoms with Gasteiger partial charge in [0.25, 0.3) is 0 Å². The number of sulfonamides is 1. The fraction of sp³-hybridized carbons (Fsp3) is 0.333. The Balaban J connectivity index is 2.51. The molecule has 0 amide bonds. The molecule has 7 nitrogen and oxygen atoms in total. The van der Waals surface area contributed by atoms with Crippen molar-refractivity contribution in [1.82, 2.24) is 9.29 Å². The summed E-state index contributed by atoms with van der Waals surface area (Å²) in [6, 6.07) is 8.02. The molecule has 0 spiro atoms. The largest absolute Gasteiger partial charge is 0.497 e. The van der Waals surface area contributed by atoms with E-state index in [0.29, 0.717) is 15.9 Å². The molecular formula is C18H21BrN2O5S. The molecule has 0 aliphatic carbocycles. The van der Waals surface area contributed by atoms with E-state index in [4.69, 9.17) is 4.74 Å². The van der Waals surface area contributed by atoms with Gasteiger partial charge in [-0.3, -0.25) is 4.79 Å².